The van der Waals surface area contributed by atoms with Gasteiger partial charge in [-0.25, -0.2) is 0 Å². The molecule has 2 N–H and O–H groups in total. The molecule has 2 unspecified atom stereocenters. The van der Waals surface area contributed by atoms with Crippen molar-refractivity contribution in [2.45, 2.75) is 44.8 Å². The highest BCUT2D eigenvalue weighted by Crippen LogP contribution is 2.40. The lowest BCUT2D eigenvalue weighted by Gasteiger charge is -2.33. The maximum atomic E-state index is 5.90. The highest BCUT2D eigenvalue weighted by Gasteiger charge is 2.37. The minimum atomic E-state index is 0.347. The van der Waals surface area contributed by atoms with Crippen LogP contribution >= 0.6 is 0 Å². The van der Waals surface area contributed by atoms with Gasteiger partial charge in [0.15, 0.2) is 0 Å². The summed E-state index contributed by atoms with van der Waals surface area (Å²) in [4.78, 5) is 0. The molecule has 2 nitrogen and oxygen atoms in total. The average Bonchev–Trinajstić information content (AvgIpc) is 2.85. The van der Waals surface area contributed by atoms with Crippen LogP contribution in [0.25, 0.3) is 0 Å². The van der Waals surface area contributed by atoms with Crippen LogP contribution < -0.4 is 5.73 Å². The number of hydrogen-bond donors (Lipinski definition) is 1. The lowest BCUT2D eigenvalue weighted by Crippen LogP contribution is -2.37. The molecule has 0 amide bonds. The second-order valence-electron chi connectivity index (χ2n) is 4.45. The van der Waals surface area contributed by atoms with Crippen LogP contribution in [-0.4, -0.2) is 18.8 Å². The molecule has 1 saturated heterocycles. The smallest absolute Gasteiger partial charge is 0.0703 e. The topological polar surface area (TPSA) is 35.2 Å². The molecule has 0 aromatic rings. The van der Waals surface area contributed by atoms with Crippen molar-refractivity contribution >= 4 is 0 Å². The van der Waals surface area contributed by atoms with E-state index in [1.165, 1.54) is 25.7 Å². The van der Waals surface area contributed by atoms with E-state index in [-0.39, 0.29) is 0 Å². The van der Waals surface area contributed by atoms with Crippen LogP contribution in [0.1, 0.15) is 32.6 Å². The second kappa shape index (κ2) is 3.35. The van der Waals surface area contributed by atoms with Crippen LogP contribution in [-0.2, 0) is 4.74 Å². The van der Waals surface area contributed by atoms with Gasteiger partial charge < -0.3 is 10.5 Å². The molecule has 2 fully saturated rings. The molecule has 2 rings (SSSR count). The predicted molar refractivity (Wildman–Crippen MR) is 48.8 cm³/mol. The van der Waals surface area contributed by atoms with E-state index in [2.05, 4.69) is 6.92 Å². The third-order valence-electron chi connectivity index (χ3n) is 3.08. The molecule has 0 aromatic heterocycles. The number of rotatable bonds is 2. The molecule has 0 spiro atoms. The van der Waals surface area contributed by atoms with Gasteiger partial charge in [0.2, 0.25) is 0 Å². The lowest BCUT2D eigenvalue weighted by atomic mass is 9.91. The van der Waals surface area contributed by atoms with Gasteiger partial charge in [0.25, 0.3) is 0 Å². The van der Waals surface area contributed by atoms with E-state index in [9.17, 15) is 0 Å². The van der Waals surface area contributed by atoms with Crippen molar-refractivity contribution in [3.63, 3.8) is 0 Å². The van der Waals surface area contributed by atoms with Gasteiger partial charge in [0, 0.05) is 6.54 Å². The molecule has 1 aliphatic carbocycles. The summed E-state index contributed by atoms with van der Waals surface area (Å²) in [7, 11) is 0. The summed E-state index contributed by atoms with van der Waals surface area (Å²) in [6.07, 6.45) is 6.09. The van der Waals surface area contributed by atoms with E-state index in [1.54, 1.807) is 0 Å². The molecule has 3 atom stereocenters. The fraction of sp³-hybridized carbons (Fsp3) is 1.00. The standard InChI is InChI=1S/C10H19NO/c1-7-4-9(6-11)12-10(5-7)8-2-3-8/h7-10H,2-6,11H2,1H3/t7-,9?,10?/m0/s1. The molecular formula is C10H19NO. The highest BCUT2D eigenvalue weighted by molar-refractivity contribution is 4.87. The molecular weight excluding hydrogens is 150 g/mol. The van der Waals surface area contributed by atoms with E-state index in [0.717, 1.165) is 11.8 Å². The Labute approximate surface area is 74.5 Å². The SMILES string of the molecule is C[C@H]1CC(CN)OC(C2CC2)C1. The van der Waals surface area contributed by atoms with Gasteiger partial charge in [-0.2, -0.15) is 0 Å². The van der Waals surface area contributed by atoms with Crippen LogP contribution in [0, 0.1) is 11.8 Å². The number of ether oxygens (including phenoxy) is 1. The average molecular weight is 169 g/mol. The monoisotopic (exact) mass is 169 g/mol. The van der Waals surface area contributed by atoms with Crippen molar-refractivity contribution in [2.24, 2.45) is 17.6 Å². The molecule has 70 valence electrons. The maximum Gasteiger partial charge on any atom is 0.0703 e. The van der Waals surface area contributed by atoms with Crippen LogP contribution in [0.5, 0.6) is 0 Å². The Kier molecular flexibility index (Phi) is 2.37. The van der Waals surface area contributed by atoms with E-state index in [1.807, 2.05) is 0 Å². The van der Waals surface area contributed by atoms with Crippen molar-refractivity contribution in [2.75, 3.05) is 6.54 Å². The van der Waals surface area contributed by atoms with Crippen molar-refractivity contribution in [1.29, 1.82) is 0 Å². The van der Waals surface area contributed by atoms with Crippen LogP contribution in [0.3, 0.4) is 0 Å². The molecule has 2 heteroatoms. The Morgan fingerprint density at radius 1 is 1.33 bits per heavy atom. The summed E-state index contributed by atoms with van der Waals surface area (Å²) in [5.74, 6) is 1.69. The number of nitrogens with two attached hydrogens (primary N) is 1. The summed E-state index contributed by atoms with van der Waals surface area (Å²) in [6.45, 7) is 3.02. The summed E-state index contributed by atoms with van der Waals surface area (Å²) < 4.78 is 5.90. The van der Waals surface area contributed by atoms with E-state index < -0.39 is 0 Å². The van der Waals surface area contributed by atoms with Crippen molar-refractivity contribution in [3.8, 4) is 0 Å². The van der Waals surface area contributed by atoms with Crippen LogP contribution in [0.4, 0.5) is 0 Å². The Bertz CT molecular complexity index is 156. The summed E-state index contributed by atoms with van der Waals surface area (Å²) in [5, 5.41) is 0. The van der Waals surface area contributed by atoms with Crippen molar-refractivity contribution < 1.29 is 4.74 Å². The Balaban J connectivity index is 1.88. The quantitative estimate of drug-likeness (QED) is 0.680. The first-order valence-corrected chi connectivity index (χ1v) is 5.15. The molecule has 1 aliphatic heterocycles. The summed E-state index contributed by atoms with van der Waals surface area (Å²) in [5.41, 5.74) is 5.62. The largest absolute Gasteiger partial charge is 0.373 e. The molecule has 1 heterocycles. The second-order valence-corrected chi connectivity index (χ2v) is 4.45. The molecule has 12 heavy (non-hydrogen) atoms. The van der Waals surface area contributed by atoms with Gasteiger partial charge >= 0.3 is 0 Å². The van der Waals surface area contributed by atoms with Crippen molar-refractivity contribution in [3.05, 3.63) is 0 Å². The first-order valence-electron chi connectivity index (χ1n) is 5.15. The number of hydrogen-bond acceptors (Lipinski definition) is 2. The Hall–Kier alpha value is -0.0800. The summed E-state index contributed by atoms with van der Waals surface area (Å²) >= 11 is 0. The maximum absolute atomic E-state index is 5.90. The fourth-order valence-corrected chi connectivity index (χ4v) is 2.22. The van der Waals surface area contributed by atoms with E-state index in [0.29, 0.717) is 18.8 Å². The summed E-state index contributed by atoms with van der Waals surface area (Å²) in [6, 6.07) is 0. The third kappa shape index (κ3) is 1.80. The van der Waals surface area contributed by atoms with Crippen LogP contribution in [0.15, 0.2) is 0 Å². The zero-order valence-electron chi connectivity index (χ0n) is 7.83. The van der Waals surface area contributed by atoms with Crippen LogP contribution in [0.2, 0.25) is 0 Å². The van der Waals surface area contributed by atoms with Gasteiger partial charge in [-0.3, -0.25) is 0 Å². The van der Waals surface area contributed by atoms with Gasteiger partial charge in [-0.05, 0) is 37.5 Å². The van der Waals surface area contributed by atoms with Gasteiger partial charge in [0.1, 0.15) is 0 Å². The zero-order valence-corrected chi connectivity index (χ0v) is 7.83. The molecule has 0 radical (unpaired) electrons. The molecule has 2 aliphatic rings. The minimum absolute atomic E-state index is 0.347. The molecule has 0 bridgehead atoms. The Morgan fingerprint density at radius 2 is 2.08 bits per heavy atom. The van der Waals surface area contributed by atoms with E-state index in [4.69, 9.17) is 10.5 Å². The Morgan fingerprint density at radius 3 is 2.67 bits per heavy atom. The van der Waals surface area contributed by atoms with Gasteiger partial charge in [-0.15, -0.1) is 0 Å². The van der Waals surface area contributed by atoms with Gasteiger partial charge in [0.05, 0.1) is 12.2 Å². The zero-order chi connectivity index (χ0) is 8.55. The fourth-order valence-electron chi connectivity index (χ4n) is 2.22. The van der Waals surface area contributed by atoms with Crippen molar-refractivity contribution in [1.82, 2.24) is 0 Å². The minimum Gasteiger partial charge on any atom is -0.373 e. The van der Waals surface area contributed by atoms with Gasteiger partial charge in [-0.1, -0.05) is 6.92 Å². The lowest BCUT2D eigenvalue weighted by molar-refractivity contribution is -0.0726. The predicted octanol–water partition coefficient (Wildman–Crippen LogP) is 1.54. The first-order chi connectivity index (χ1) is 5.79. The molecule has 1 saturated carbocycles. The highest BCUT2D eigenvalue weighted by atomic mass is 16.5. The third-order valence-corrected chi connectivity index (χ3v) is 3.08. The normalized spacial score (nSPS) is 43.0. The first kappa shape index (κ1) is 8.52. The van der Waals surface area contributed by atoms with E-state index >= 15 is 0 Å². The molecule has 0 aromatic carbocycles.